The van der Waals surface area contributed by atoms with Gasteiger partial charge in [-0.15, -0.1) is 0 Å². The lowest BCUT2D eigenvalue weighted by Gasteiger charge is -2.35. The molecule has 0 saturated carbocycles. The first-order valence-electron chi connectivity index (χ1n) is 9.60. The van der Waals surface area contributed by atoms with E-state index in [1.807, 2.05) is 51.1 Å². The average Bonchev–Trinajstić information content (AvgIpc) is 2.64. The van der Waals surface area contributed by atoms with Gasteiger partial charge < -0.3 is 9.64 Å². The molecule has 1 aliphatic heterocycles. The third kappa shape index (κ3) is 5.66. The van der Waals surface area contributed by atoms with Crippen molar-refractivity contribution in [3.05, 3.63) is 64.3 Å². The highest BCUT2D eigenvalue weighted by molar-refractivity contribution is 5.68. The lowest BCUT2D eigenvalue weighted by atomic mass is 10.2. The minimum absolute atomic E-state index is 0.0544. The van der Waals surface area contributed by atoms with Crippen LogP contribution in [0.5, 0.6) is 0 Å². The fraction of sp³-hybridized carbons (Fsp3) is 0.476. The van der Waals surface area contributed by atoms with Gasteiger partial charge in [-0.2, -0.15) is 0 Å². The SMILES string of the molecule is CC(C)(C)OC(=O)N1CCN(Cc2cc(=O)n(Cc3ccccc3)cn2)CC1. The van der Waals surface area contributed by atoms with Crippen molar-refractivity contribution in [2.75, 3.05) is 26.2 Å². The normalized spacial score (nSPS) is 15.5. The van der Waals surface area contributed by atoms with E-state index in [9.17, 15) is 9.59 Å². The van der Waals surface area contributed by atoms with Crippen molar-refractivity contribution in [2.24, 2.45) is 0 Å². The van der Waals surface area contributed by atoms with Crippen LogP contribution in [-0.2, 0) is 17.8 Å². The van der Waals surface area contributed by atoms with Crippen molar-refractivity contribution in [3.8, 4) is 0 Å². The predicted molar refractivity (Wildman–Crippen MR) is 107 cm³/mol. The summed E-state index contributed by atoms with van der Waals surface area (Å²) in [5, 5.41) is 0. The summed E-state index contributed by atoms with van der Waals surface area (Å²) in [7, 11) is 0. The maximum Gasteiger partial charge on any atom is 0.410 e. The highest BCUT2D eigenvalue weighted by atomic mass is 16.6. The average molecular weight is 384 g/mol. The van der Waals surface area contributed by atoms with Crippen molar-refractivity contribution in [1.29, 1.82) is 0 Å². The fourth-order valence-corrected chi connectivity index (χ4v) is 3.09. The summed E-state index contributed by atoms with van der Waals surface area (Å²) in [6.45, 7) is 9.40. The molecule has 0 unspecified atom stereocenters. The first-order valence-corrected chi connectivity index (χ1v) is 9.60. The van der Waals surface area contributed by atoms with E-state index in [0.29, 0.717) is 26.2 Å². The number of carbonyl (C=O) groups is 1. The van der Waals surface area contributed by atoms with E-state index in [1.54, 1.807) is 21.9 Å². The van der Waals surface area contributed by atoms with E-state index in [-0.39, 0.29) is 11.7 Å². The lowest BCUT2D eigenvalue weighted by Crippen LogP contribution is -2.49. The Morgan fingerprint density at radius 1 is 1.07 bits per heavy atom. The summed E-state index contributed by atoms with van der Waals surface area (Å²) < 4.78 is 7.03. The minimum atomic E-state index is -0.484. The molecule has 28 heavy (non-hydrogen) atoms. The number of rotatable bonds is 4. The van der Waals surface area contributed by atoms with Gasteiger partial charge in [-0.3, -0.25) is 14.3 Å². The van der Waals surface area contributed by atoms with Crippen molar-refractivity contribution in [2.45, 2.75) is 39.5 Å². The molecule has 3 rings (SSSR count). The quantitative estimate of drug-likeness (QED) is 0.809. The zero-order valence-electron chi connectivity index (χ0n) is 16.8. The number of aromatic nitrogens is 2. The van der Waals surface area contributed by atoms with Crippen LogP contribution in [0.3, 0.4) is 0 Å². The molecular weight excluding hydrogens is 356 g/mol. The number of amides is 1. The molecule has 0 bridgehead atoms. The zero-order chi connectivity index (χ0) is 20.1. The molecule has 1 saturated heterocycles. The molecule has 0 N–H and O–H groups in total. The molecule has 7 nitrogen and oxygen atoms in total. The number of hydrogen-bond donors (Lipinski definition) is 0. The Morgan fingerprint density at radius 2 is 1.75 bits per heavy atom. The Bertz CT molecular complexity index is 850. The van der Waals surface area contributed by atoms with Crippen LogP contribution in [0.15, 0.2) is 47.5 Å². The molecule has 1 aromatic carbocycles. The molecule has 2 heterocycles. The van der Waals surface area contributed by atoms with E-state index in [0.717, 1.165) is 24.3 Å². The topological polar surface area (TPSA) is 67.7 Å². The van der Waals surface area contributed by atoms with E-state index in [1.165, 1.54) is 0 Å². The molecule has 1 aliphatic rings. The van der Waals surface area contributed by atoms with E-state index < -0.39 is 5.60 Å². The van der Waals surface area contributed by atoms with Crippen LogP contribution in [0.25, 0.3) is 0 Å². The fourth-order valence-electron chi connectivity index (χ4n) is 3.09. The van der Waals surface area contributed by atoms with Gasteiger partial charge in [-0.05, 0) is 26.3 Å². The highest BCUT2D eigenvalue weighted by Gasteiger charge is 2.26. The summed E-state index contributed by atoms with van der Waals surface area (Å²) in [5.41, 5.74) is 1.28. The third-order valence-electron chi connectivity index (χ3n) is 4.54. The van der Waals surface area contributed by atoms with Crippen LogP contribution in [-0.4, -0.2) is 57.2 Å². The van der Waals surface area contributed by atoms with Crippen LogP contribution in [0.1, 0.15) is 32.0 Å². The van der Waals surface area contributed by atoms with Crippen molar-refractivity contribution < 1.29 is 9.53 Å². The molecule has 2 aromatic rings. The second kappa shape index (κ2) is 8.56. The van der Waals surface area contributed by atoms with Gasteiger partial charge >= 0.3 is 6.09 Å². The van der Waals surface area contributed by atoms with Gasteiger partial charge in [0.25, 0.3) is 5.56 Å². The summed E-state index contributed by atoms with van der Waals surface area (Å²) in [4.78, 5) is 32.9. The van der Waals surface area contributed by atoms with Crippen LogP contribution in [0, 0.1) is 0 Å². The van der Waals surface area contributed by atoms with Gasteiger partial charge in [0.1, 0.15) is 5.60 Å². The number of hydrogen-bond acceptors (Lipinski definition) is 5. The van der Waals surface area contributed by atoms with Crippen molar-refractivity contribution in [3.63, 3.8) is 0 Å². The molecular formula is C21H28N4O3. The molecule has 0 aliphatic carbocycles. The van der Waals surface area contributed by atoms with Gasteiger partial charge in [-0.25, -0.2) is 9.78 Å². The van der Waals surface area contributed by atoms with Crippen LogP contribution >= 0.6 is 0 Å². The maximum atomic E-state index is 12.4. The number of piperazine rings is 1. The monoisotopic (exact) mass is 384 g/mol. The number of carbonyl (C=O) groups excluding carboxylic acids is 1. The predicted octanol–water partition coefficient (Wildman–Crippen LogP) is 2.34. The van der Waals surface area contributed by atoms with Crippen molar-refractivity contribution in [1.82, 2.24) is 19.4 Å². The largest absolute Gasteiger partial charge is 0.444 e. The van der Waals surface area contributed by atoms with Gasteiger partial charge in [0.2, 0.25) is 0 Å². The molecule has 1 aromatic heterocycles. The Labute approximate surface area is 165 Å². The first kappa shape index (κ1) is 20.1. The lowest BCUT2D eigenvalue weighted by molar-refractivity contribution is 0.0138. The van der Waals surface area contributed by atoms with Crippen molar-refractivity contribution >= 4 is 6.09 Å². The Hall–Kier alpha value is -2.67. The zero-order valence-corrected chi connectivity index (χ0v) is 16.8. The second-order valence-electron chi connectivity index (χ2n) is 8.08. The van der Waals surface area contributed by atoms with Crippen LogP contribution < -0.4 is 5.56 Å². The van der Waals surface area contributed by atoms with Gasteiger partial charge in [0, 0.05) is 38.8 Å². The molecule has 150 valence electrons. The second-order valence-corrected chi connectivity index (χ2v) is 8.08. The number of nitrogens with zero attached hydrogens (tertiary/aromatic N) is 4. The number of ether oxygens (including phenoxy) is 1. The number of benzene rings is 1. The summed E-state index contributed by atoms with van der Waals surface area (Å²) in [6, 6.07) is 11.5. The molecule has 0 spiro atoms. The summed E-state index contributed by atoms with van der Waals surface area (Å²) >= 11 is 0. The molecule has 0 radical (unpaired) electrons. The highest BCUT2D eigenvalue weighted by Crippen LogP contribution is 2.12. The van der Waals surface area contributed by atoms with Gasteiger partial charge in [0.15, 0.2) is 0 Å². The smallest absolute Gasteiger partial charge is 0.410 e. The molecule has 0 atom stereocenters. The first-order chi connectivity index (χ1) is 13.3. The standard InChI is InChI=1S/C21H28N4O3/c1-21(2,3)28-20(27)24-11-9-23(10-12-24)15-18-13-19(26)25(16-22-18)14-17-7-5-4-6-8-17/h4-8,13,16H,9-12,14-15H2,1-3H3. The van der Waals surface area contributed by atoms with E-state index >= 15 is 0 Å². The minimum Gasteiger partial charge on any atom is -0.444 e. The Balaban J connectivity index is 1.53. The van der Waals surface area contributed by atoms with E-state index in [4.69, 9.17) is 4.74 Å². The van der Waals surface area contributed by atoms with Gasteiger partial charge in [-0.1, -0.05) is 30.3 Å². The summed E-state index contributed by atoms with van der Waals surface area (Å²) in [6.07, 6.45) is 1.34. The van der Waals surface area contributed by atoms with E-state index in [2.05, 4.69) is 9.88 Å². The Kier molecular flexibility index (Phi) is 6.14. The molecule has 1 fully saturated rings. The molecule has 1 amide bonds. The molecule has 7 heteroatoms. The van der Waals surface area contributed by atoms with Crippen LogP contribution in [0.2, 0.25) is 0 Å². The van der Waals surface area contributed by atoms with Gasteiger partial charge in [0.05, 0.1) is 18.6 Å². The maximum absolute atomic E-state index is 12.4. The Morgan fingerprint density at radius 3 is 2.36 bits per heavy atom. The summed E-state index contributed by atoms with van der Waals surface area (Å²) in [5.74, 6) is 0. The van der Waals surface area contributed by atoms with Crippen LogP contribution in [0.4, 0.5) is 4.79 Å². The third-order valence-corrected chi connectivity index (χ3v) is 4.54.